The van der Waals surface area contributed by atoms with Crippen molar-refractivity contribution in [3.63, 3.8) is 0 Å². The molecule has 2 aromatic carbocycles. The number of methoxy groups -OCH3 is 1. The van der Waals surface area contributed by atoms with Crippen LogP contribution in [0.15, 0.2) is 60.9 Å². The number of carbonyl (C=O) groups excluding carboxylic acids is 2. The van der Waals surface area contributed by atoms with Crippen molar-refractivity contribution in [2.24, 2.45) is 0 Å². The number of para-hydroxylation sites is 1. The number of hydrogen-bond donors (Lipinski definition) is 2. The quantitative estimate of drug-likeness (QED) is 0.660. The molecule has 0 bridgehead atoms. The van der Waals surface area contributed by atoms with Gasteiger partial charge in [-0.15, -0.1) is 0 Å². The summed E-state index contributed by atoms with van der Waals surface area (Å²) in [5.41, 5.74) is 2.06. The van der Waals surface area contributed by atoms with Gasteiger partial charge < -0.3 is 15.4 Å². The molecule has 0 radical (unpaired) electrons. The molecule has 8 heteroatoms. The lowest BCUT2D eigenvalue weighted by molar-refractivity contribution is 0.0600. The first-order chi connectivity index (χ1) is 13.6. The van der Waals surface area contributed by atoms with Gasteiger partial charge in [0.05, 0.1) is 23.9 Å². The van der Waals surface area contributed by atoms with Crippen LogP contribution in [0.3, 0.4) is 0 Å². The standard InChI is InChI=1S/C20H15N5O3/c1-28-20(27)13-6-8-15(9-7-13)24-19(26)17-10-18(23-12-22-17)25-16-5-3-2-4-14(16)11-21/h2-10,12H,1H3,(H,24,26)(H,22,23,25). The molecule has 0 fully saturated rings. The number of nitrogens with zero attached hydrogens (tertiary/aromatic N) is 3. The van der Waals surface area contributed by atoms with Crippen molar-refractivity contribution in [3.05, 3.63) is 77.7 Å². The average Bonchev–Trinajstić information content (AvgIpc) is 2.74. The smallest absolute Gasteiger partial charge is 0.337 e. The highest BCUT2D eigenvalue weighted by molar-refractivity contribution is 6.03. The summed E-state index contributed by atoms with van der Waals surface area (Å²) in [5.74, 6) is -0.518. The van der Waals surface area contributed by atoms with Crippen LogP contribution in [-0.4, -0.2) is 29.0 Å². The summed E-state index contributed by atoms with van der Waals surface area (Å²) in [5, 5.41) is 14.9. The van der Waals surface area contributed by atoms with Crippen LogP contribution in [-0.2, 0) is 4.74 Å². The Morgan fingerprint density at radius 3 is 2.54 bits per heavy atom. The SMILES string of the molecule is COC(=O)c1ccc(NC(=O)c2cc(Nc3ccccc3C#N)ncn2)cc1. The van der Waals surface area contributed by atoms with Crippen LogP contribution in [0.2, 0.25) is 0 Å². The summed E-state index contributed by atoms with van der Waals surface area (Å²) in [4.78, 5) is 31.9. The summed E-state index contributed by atoms with van der Waals surface area (Å²) in [6.07, 6.45) is 1.26. The van der Waals surface area contributed by atoms with Crippen LogP contribution in [0.4, 0.5) is 17.2 Å². The molecule has 138 valence electrons. The maximum Gasteiger partial charge on any atom is 0.337 e. The molecule has 28 heavy (non-hydrogen) atoms. The monoisotopic (exact) mass is 373 g/mol. The third kappa shape index (κ3) is 4.28. The average molecular weight is 373 g/mol. The van der Waals surface area contributed by atoms with E-state index in [4.69, 9.17) is 5.26 Å². The molecular weight excluding hydrogens is 358 g/mol. The lowest BCUT2D eigenvalue weighted by atomic mass is 10.2. The van der Waals surface area contributed by atoms with Crippen LogP contribution in [0.5, 0.6) is 0 Å². The molecule has 3 aromatic rings. The lowest BCUT2D eigenvalue weighted by Crippen LogP contribution is -2.14. The zero-order chi connectivity index (χ0) is 19.9. The molecule has 0 aliphatic carbocycles. The first-order valence-corrected chi connectivity index (χ1v) is 8.18. The molecule has 0 unspecified atom stereocenters. The minimum absolute atomic E-state index is 0.143. The Kier molecular flexibility index (Phi) is 5.58. The summed E-state index contributed by atoms with van der Waals surface area (Å²) in [6, 6.07) is 16.8. The number of aromatic nitrogens is 2. The van der Waals surface area contributed by atoms with E-state index < -0.39 is 11.9 Å². The van der Waals surface area contributed by atoms with E-state index in [1.54, 1.807) is 48.5 Å². The maximum absolute atomic E-state index is 12.4. The van der Waals surface area contributed by atoms with Crippen molar-refractivity contribution in [1.82, 2.24) is 9.97 Å². The van der Waals surface area contributed by atoms with E-state index in [-0.39, 0.29) is 5.69 Å². The minimum Gasteiger partial charge on any atom is -0.465 e. The summed E-state index contributed by atoms with van der Waals surface area (Å²) >= 11 is 0. The molecule has 1 aromatic heterocycles. The molecule has 0 atom stereocenters. The molecule has 1 amide bonds. The molecule has 0 aliphatic heterocycles. The Bertz CT molecular complexity index is 1060. The largest absolute Gasteiger partial charge is 0.465 e. The van der Waals surface area contributed by atoms with Gasteiger partial charge in [-0.05, 0) is 36.4 Å². The first kappa shape index (κ1) is 18.5. The van der Waals surface area contributed by atoms with Gasteiger partial charge in [0, 0.05) is 11.8 Å². The third-order valence-electron chi connectivity index (χ3n) is 3.77. The highest BCUT2D eigenvalue weighted by Crippen LogP contribution is 2.19. The number of hydrogen-bond acceptors (Lipinski definition) is 7. The van der Waals surface area contributed by atoms with Gasteiger partial charge in [-0.3, -0.25) is 4.79 Å². The van der Waals surface area contributed by atoms with E-state index in [1.807, 2.05) is 0 Å². The van der Waals surface area contributed by atoms with E-state index in [9.17, 15) is 9.59 Å². The number of benzene rings is 2. The van der Waals surface area contributed by atoms with Crippen LogP contribution < -0.4 is 10.6 Å². The van der Waals surface area contributed by atoms with E-state index in [1.165, 1.54) is 19.5 Å². The minimum atomic E-state index is -0.456. The number of ether oxygens (including phenoxy) is 1. The van der Waals surface area contributed by atoms with Gasteiger partial charge in [-0.1, -0.05) is 12.1 Å². The number of carbonyl (C=O) groups is 2. The molecule has 0 saturated heterocycles. The second-order valence-electron chi connectivity index (χ2n) is 5.59. The molecule has 1 heterocycles. The van der Waals surface area contributed by atoms with Crippen molar-refractivity contribution in [2.45, 2.75) is 0 Å². The summed E-state index contributed by atoms with van der Waals surface area (Å²) in [6.45, 7) is 0. The predicted molar refractivity (Wildman–Crippen MR) is 102 cm³/mol. The number of rotatable bonds is 5. The van der Waals surface area contributed by atoms with Crippen LogP contribution in [0.1, 0.15) is 26.4 Å². The highest BCUT2D eigenvalue weighted by Gasteiger charge is 2.11. The molecule has 0 saturated carbocycles. The zero-order valence-electron chi connectivity index (χ0n) is 14.8. The van der Waals surface area contributed by atoms with Crippen LogP contribution in [0.25, 0.3) is 0 Å². The number of nitrogens with one attached hydrogen (secondary N) is 2. The molecule has 3 rings (SSSR count). The van der Waals surface area contributed by atoms with Crippen LogP contribution in [0, 0.1) is 11.3 Å². The fraction of sp³-hybridized carbons (Fsp3) is 0.0500. The fourth-order valence-corrected chi connectivity index (χ4v) is 2.38. The molecule has 0 aliphatic rings. The number of anilines is 3. The van der Waals surface area contributed by atoms with E-state index >= 15 is 0 Å². The number of amides is 1. The van der Waals surface area contributed by atoms with Gasteiger partial charge >= 0.3 is 5.97 Å². The topological polar surface area (TPSA) is 117 Å². The van der Waals surface area contributed by atoms with Gasteiger partial charge in [0.1, 0.15) is 23.9 Å². The zero-order valence-corrected chi connectivity index (χ0v) is 14.8. The van der Waals surface area contributed by atoms with E-state index in [2.05, 4.69) is 31.4 Å². The molecular formula is C20H15N5O3. The van der Waals surface area contributed by atoms with Crippen molar-refractivity contribution in [3.8, 4) is 6.07 Å². The Morgan fingerprint density at radius 1 is 1.07 bits per heavy atom. The Hall–Kier alpha value is -4.25. The maximum atomic E-state index is 12.4. The lowest BCUT2D eigenvalue weighted by Gasteiger charge is -2.09. The second-order valence-corrected chi connectivity index (χ2v) is 5.59. The van der Waals surface area contributed by atoms with Gasteiger partial charge in [-0.25, -0.2) is 14.8 Å². The van der Waals surface area contributed by atoms with Crippen molar-refractivity contribution < 1.29 is 14.3 Å². The molecule has 2 N–H and O–H groups in total. The Balaban J connectivity index is 1.73. The Labute approximate surface area is 160 Å². The fourth-order valence-electron chi connectivity index (χ4n) is 2.38. The summed E-state index contributed by atoms with van der Waals surface area (Å²) in [7, 11) is 1.30. The summed E-state index contributed by atoms with van der Waals surface area (Å²) < 4.78 is 4.63. The van der Waals surface area contributed by atoms with Gasteiger partial charge in [0.2, 0.25) is 0 Å². The van der Waals surface area contributed by atoms with E-state index in [0.29, 0.717) is 28.3 Å². The molecule has 0 spiro atoms. The van der Waals surface area contributed by atoms with Gasteiger partial charge in [-0.2, -0.15) is 5.26 Å². The van der Waals surface area contributed by atoms with Crippen molar-refractivity contribution in [2.75, 3.05) is 17.7 Å². The number of esters is 1. The van der Waals surface area contributed by atoms with Gasteiger partial charge in [0.25, 0.3) is 5.91 Å². The third-order valence-corrected chi connectivity index (χ3v) is 3.77. The normalized spacial score (nSPS) is 9.86. The Morgan fingerprint density at radius 2 is 1.82 bits per heavy atom. The first-order valence-electron chi connectivity index (χ1n) is 8.18. The van der Waals surface area contributed by atoms with E-state index in [0.717, 1.165) is 0 Å². The number of nitriles is 1. The van der Waals surface area contributed by atoms with Crippen molar-refractivity contribution >= 4 is 29.1 Å². The predicted octanol–water partition coefficient (Wildman–Crippen LogP) is 3.13. The van der Waals surface area contributed by atoms with Gasteiger partial charge in [0.15, 0.2) is 0 Å². The van der Waals surface area contributed by atoms with Crippen LogP contribution >= 0.6 is 0 Å². The van der Waals surface area contributed by atoms with Crippen molar-refractivity contribution in [1.29, 1.82) is 5.26 Å². The molecule has 8 nitrogen and oxygen atoms in total. The second kappa shape index (κ2) is 8.42. The highest BCUT2D eigenvalue weighted by atomic mass is 16.5.